The summed E-state index contributed by atoms with van der Waals surface area (Å²) in [7, 11) is 0. The maximum Gasteiger partial charge on any atom is 0.355 e. The van der Waals surface area contributed by atoms with Crippen LogP contribution in [0.5, 0.6) is 0 Å². The summed E-state index contributed by atoms with van der Waals surface area (Å²) in [5, 5.41) is 4.57. The number of H-pyrrole nitrogens is 1. The highest BCUT2D eigenvalue weighted by Crippen LogP contribution is 2.20. The summed E-state index contributed by atoms with van der Waals surface area (Å²) in [5.74, 6) is -2.12. The Labute approximate surface area is 151 Å². The molecule has 26 heavy (non-hydrogen) atoms. The second kappa shape index (κ2) is 9.02. The fraction of sp³-hybridized carbons (Fsp3) is 0.529. The quantitative estimate of drug-likeness (QED) is 0.655. The van der Waals surface area contributed by atoms with Crippen molar-refractivity contribution in [2.24, 2.45) is 0 Å². The summed E-state index contributed by atoms with van der Waals surface area (Å²) in [4.78, 5) is 50.5. The molecule has 1 atom stereocenters. The minimum Gasteiger partial charge on any atom is -0.462 e. The van der Waals surface area contributed by atoms with Gasteiger partial charge >= 0.3 is 18.0 Å². The van der Waals surface area contributed by atoms with Crippen molar-refractivity contribution in [1.82, 2.24) is 15.6 Å². The topological polar surface area (TPSA) is 127 Å². The second-order valence-electron chi connectivity index (χ2n) is 6.01. The number of nitrogens with one attached hydrogen (secondary N) is 3. The number of carbonyl (C=O) groups excluding carboxylic acids is 4. The fourth-order valence-electron chi connectivity index (χ4n) is 2.25. The van der Waals surface area contributed by atoms with Gasteiger partial charge in [0, 0.05) is 11.7 Å². The van der Waals surface area contributed by atoms with Gasteiger partial charge in [0.1, 0.15) is 5.69 Å². The zero-order valence-electron chi connectivity index (χ0n) is 15.8. The molecule has 0 aliphatic rings. The average Bonchev–Trinajstić information content (AvgIpc) is 2.81. The molecule has 1 aromatic rings. The molecule has 0 bridgehead atoms. The molecule has 0 aliphatic heterocycles. The van der Waals surface area contributed by atoms with Crippen LogP contribution in [0.15, 0.2) is 0 Å². The summed E-state index contributed by atoms with van der Waals surface area (Å²) < 4.78 is 10.0. The van der Waals surface area contributed by atoms with Gasteiger partial charge in [-0.05, 0) is 47.1 Å². The summed E-state index contributed by atoms with van der Waals surface area (Å²) in [5.41, 5.74) is 1.14. The third-order valence-corrected chi connectivity index (χ3v) is 3.43. The van der Waals surface area contributed by atoms with Gasteiger partial charge in [-0.1, -0.05) is 0 Å². The van der Waals surface area contributed by atoms with E-state index in [9.17, 15) is 19.2 Å². The van der Waals surface area contributed by atoms with Crippen molar-refractivity contribution in [2.75, 3.05) is 6.61 Å². The molecule has 9 heteroatoms. The number of ether oxygens (including phenoxy) is 2. The zero-order chi connectivity index (χ0) is 20.0. The standard InChI is InChI=1S/C17H25N3O6/c1-7-25-15(22)12-9(4)13(19-10(12)5)16(23)26-11(6)14(21)20-17(24)18-8(2)3/h8,11,19H,7H2,1-6H3,(H2,18,20,21,24). The lowest BCUT2D eigenvalue weighted by molar-refractivity contribution is -0.127. The van der Waals surface area contributed by atoms with Crippen LogP contribution >= 0.6 is 0 Å². The molecule has 1 rings (SSSR count). The first kappa shape index (κ1) is 21.2. The van der Waals surface area contributed by atoms with Crippen LogP contribution in [0.2, 0.25) is 0 Å². The van der Waals surface area contributed by atoms with Crippen LogP contribution in [-0.2, 0) is 14.3 Å². The lowest BCUT2D eigenvalue weighted by Gasteiger charge is -2.14. The number of esters is 2. The van der Waals surface area contributed by atoms with Crippen molar-refractivity contribution in [3.05, 3.63) is 22.5 Å². The number of rotatable bonds is 6. The molecule has 0 fully saturated rings. The van der Waals surface area contributed by atoms with Gasteiger partial charge in [-0.2, -0.15) is 0 Å². The molecule has 1 heterocycles. The first-order valence-corrected chi connectivity index (χ1v) is 8.27. The summed E-state index contributed by atoms with van der Waals surface area (Å²) in [6.07, 6.45) is -1.20. The van der Waals surface area contributed by atoms with Gasteiger partial charge in [0.2, 0.25) is 0 Å². The number of hydrogen-bond acceptors (Lipinski definition) is 6. The molecule has 3 N–H and O–H groups in total. The fourth-order valence-corrected chi connectivity index (χ4v) is 2.25. The Bertz CT molecular complexity index is 708. The summed E-state index contributed by atoms with van der Waals surface area (Å²) in [6, 6.07) is -0.823. The van der Waals surface area contributed by atoms with E-state index in [1.54, 1.807) is 34.6 Å². The van der Waals surface area contributed by atoms with Crippen LogP contribution < -0.4 is 10.6 Å². The van der Waals surface area contributed by atoms with Crippen LogP contribution in [0.25, 0.3) is 0 Å². The monoisotopic (exact) mass is 367 g/mol. The largest absolute Gasteiger partial charge is 0.462 e. The van der Waals surface area contributed by atoms with E-state index in [0.29, 0.717) is 11.3 Å². The maximum atomic E-state index is 12.3. The van der Waals surface area contributed by atoms with Crippen molar-refractivity contribution in [1.29, 1.82) is 0 Å². The molecule has 0 aliphatic carbocycles. The lowest BCUT2D eigenvalue weighted by atomic mass is 10.1. The highest BCUT2D eigenvalue weighted by atomic mass is 16.5. The first-order valence-electron chi connectivity index (χ1n) is 8.27. The van der Waals surface area contributed by atoms with E-state index in [1.807, 2.05) is 0 Å². The minimum absolute atomic E-state index is 0.0526. The molecule has 0 spiro atoms. The van der Waals surface area contributed by atoms with E-state index in [2.05, 4.69) is 15.6 Å². The van der Waals surface area contributed by atoms with Gasteiger partial charge in [-0.25, -0.2) is 14.4 Å². The van der Waals surface area contributed by atoms with Gasteiger partial charge in [-0.15, -0.1) is 0 Å². The Morgan fingerprint density at radius 2 is 1.69 bits per heavy atom. The van der Waals surface area contributed by atoms with Crippen molar-refractivity contribution in [3.8, 4) is 0 Å². The normalized spacial score (nSPS) is 11.7. The van der Waals surface area contributed by atoms with Gasteiger partial charge in [-0.3, -0.25) is 10.1 Å². The summed E-state index contributed by atoms with van der Waals surface area (Å²) in [6.45, 7) is 9.91. The molecule has 0 aromatic carbocycles. The molecule has 3 amide bonds. The predicted octanol–water partition coefficient (Wildman–Crippen LogP) is 1.59. The molecule has 0 saturated heterocycles. The van der Waals surface area contributed by atoms with E-state index in [1.165, 1.54) is 6.92 Å². The van der Waals surface area contributed by atoms with E-state index in [4.69, 9.17) is 9.47 Å². The molecule has 144 valence electrons. The summed E-state index contributed by atoms with van der Waals surface area (Å²) >= 11 is 0. The number of carbonyl (C=O) groups is 4. The Morgan fingerprint density at radius 1 is 1.08 bits per heavy atom. The number of aryl methyl sites for hydroxylation is 1. The smallest absolute Gasteiger partial charge is 0.355 e. The van der Waals surface area contributed by atoms with E-state index in [0.717, 1.165) is 0 Å². The van der Waals surface area contributed by atoms with Crippen LogP contribution in [0.3, 0.4) is 0 Å². The van der Waals surface area contributed by atoms with Gasteiger partial charge in [0.25, 0.3) is 5.91 Å². The first-order chi connectivity index (χ1) is 12.1. The molecule has 0 radical (unpaired) electrons. The SMILES string of the molecule is CCOC(=O)c1c(C)[nH]c(C(=O)OC(C)C(=O)NC(=O)NC(C)C)c1C. The van der Waals surface area contributed by atoms with Gasteiger partial charge < -0.3 is 19.8 Å². The van der Waals surface area contributed by atoms with Crippen LogP contribution in [0, 0.1) is 13.8 Å². The Hall–Kier alpha value is -2.84. The van der Waals surface area contributed by atoms with Gasteiger partial charge in [0.05, 0.1) is 12.2 Å². The number of amides is 3. The van der Waals surface area contributed by atoms with Gasteiger partial charge in [0.15, 0.2) is 6.10 Å². The Kier molecular flexibility index (Phi) is 7.36. The van der Waals surface area contributed by atoms with E-state index in [-0.39, 0.29) is 23.9 Å². The molecular weight excluding hydrogens is 342 g/mol. The predicted molar refractivity (Wildman–Crippen MR) is 92.9 cm³/mol. The zero-order valence-corrected chi connectivity index (χ0v) is 15.8. The van der Waals surface area contributed by atoms with Crippen molar-refractivity contribution < 1.29 is 28.7 Å². The number of aromatic amines is 1. The van der Waals surface area contributed by atoms with Crippen LogP contribution in [0.1, 0.15) is 59.8 Å². The molecular formula is C17H25N3O6. The van der Waals surface area contributed by atoms with Crippen LogP contribution in [-0.4, -0.2) is 47.6 Å². The number of urea groups is 1. The Balaban J connectivity index is 2.82. The third kappa shape index (κ3) is 5.33. The average molecular weight is 367 g/mol. The number of hydrogen-bond donors (Lipinski definition) is 3. The lowest BCUT2D eigenvalue weighted by Crippen LogP contribution is -2.46. The maximum absolute atomic E-state index is 12.3. The Morgan fingerprint density at radius 3 is 2.23 bits per heavy atom. The molecule has 9 nitrogen and oxygen atoms in total. The van der Waals surface area contributed by atoms with Crippen LogP contribution in [0.4, 0.5) is 4.79 Å². The van der Waals surface area contributed by atoms with E-state index < -0.39 is 30.0 Å². The molecule has 0 saturated carbocycles. The van der Waals surface area contributed by atoms with Crippen molar-refractivity contribution >= 4 is 23.9 Å². The number of aromatic nitrogens is 1. The van der Waals surface area contributed by atoms with Crippen molar-refractivity contribution in [2.45, 2.75) is 53.7 Å². The van der Waals surface area contributed by atoms with E-state index >= 15 is 0 Å². The minimum atomic E-state index is -1.20. The highest BCUT2D eigenvalue weighted by Gasteiger charge is 2.27. The number of imide groups is 1. The third-order valence-electron chi connectivity index (χ3n) is 3.43. The highest BCUT2D eigenvalue weighted by molar-refractivity contribution is 6.00. The van der Waals surface area contributed by atoms with Crippen molar-refractivity contribution in [3.63, 3.8) is 0 Å². The molecule has 1 aromatic heterocycles. The second-order valence-corrected chi connectivity index (χ2v) is 6.01. The molecule has 1 unspecified atom stereocenters.